The third kappa shape index (κ3) is 3.20. The van der Waals surface area contributed by atoms with Gasteiger partial charge in [-0.2, -0.15) is 0 Å². The Morgan fingerprint density at radius 2 is 1.20 bits per heavy atom. The first-order chi connectivity index (χ1) is 6.72. The van der Waals surface area contributed by atoms with Gasteiger partial charge in [0, 0.05) is 0 Å². The lowest BCUT2D eigenvalue weighted by Crippen LogP contribution is -2.41. The molecule has 1 heteroatoms. The molecule has 0 amide bonds. The van der Waals surface area contributed by atoms with Crippen molar-refractivity contribution < 1.29 is 4.74 Å². The van der Waals surface area contributed by atoms with Gasteiger partial charge in [0.25, 0.3) is 0 Å². The molecule has 15 heavy (non-hydrogen) atoms. The maximum Gasteiger partial charge on any atom is 0.0867 e. The molecule has 0 heterocycles. The van der Waals surface area contributed by atoms with Gasteiger partial charge in [-0.3, -0.25) is 0 Å². The zero-order valence-electron chi connectivity index (χ0n) is 11.2. The van der Waals surface area contributed by atoms with Crippen LogP contribution in [-0.2, 0) is 4.74 Å². The average Bonchev–Trinajstić information content (AvgIpc) is 2.16. The first-order valence-electron chi connectivity index (χ1n) is 5.74. The molecule has 0 aromatic heterocycles. The van der Waals surface area contributed by atoms with Crippen LogP contribution in [0, 0.1) is 0 Å². The van der Waals surface area contributed by atoms with Crippen molar-refractivity contribution in [2.24, 2.45) is 0 Å². The maximum absolute atomic E-state index is 6.25. The summed E-state index contributed by atoms with van der Waals surface area (Å²) in [6.45, 7) is 20.6. The normalized spacial score (nSPS) is 19.1. The molecule has 2 unspecified atom stereocenters. The Morgan fingerprint density at radius 1 is 0.933 bits per heavy atom. The summed E-state index contributed by atoms with van der Waals surface area (Å²) in [6.07, 6.45) is 1.87. The topological polar surface area (TPSA) is 9.23 Å². The van der Waals surface area contributed by atoms with E-state index in [0.29, 0.717) is 0 Å². The minimum absolute atomic E-state index is 0.246. The number of hydrogen-bond acceptors (Lipinski definition) is 1. The molecule has 0 fully saturated rings. The van der Waals surface area contributed by atoms with Crippen molar-refractivity contribution in [3.63, 3.8) is 0 Å². The predicted octanol–water partition coefficient (Wildman–Crippen LogP) is 4.49. The Balaban J connectivity index is 4.95. The summed E-state index contributed by atoms with van der Waals surface area (Å²) >= 11 is 0. The van der Waals surface area contributed by atoms with Crippen LogP contribution < -0.4 is 0 Å². The fourth-order valence-corrected chi connectivity index (χ4v) is 1.42. The minimum Gasteiger partial charge on any atom is -0.360 e. The molecule has 0 rings (SSSR count). The molecule has 1 nitrogen and oxygen atoms in total. The van der Waals surface area contributed by atoms with Crippen LogP contribution in [0.1, 0.15) is 54.4 Å². The number of ether oxygens (including phenoxy) is 1. The van der Waals surface area contributed by atoms with Crippen molar-refractivity contribution in [3.05, 3.63) is 24.3 Å². The van der Waals surface area contributed by atoms with E-state index in [4.69, 9.17) is 4.74 Å². The third-order valence-electron chi connectivity index (χ3n) is 3.61. The average molecular weight is 210 g/mol. The van der Waals surface area contributed by atoms with Crippen LogP contribution in [0.5, 0.6) is 0 Å². The van der Waals surface area contributed by atoms with Gasteiger partial charge >= 0.3 is 0 Å². The number of hydrogen-bond donors (Lipinski definition) is 0. The van der Waals surface area contributed by atoms with Gasteiger partial charge in [-0.15, -0.1) is 0 Å². The summed E-state index contributed by atoms with van der Waals surface area (Å²) in [5.41, 5.74) is 1.66. The molecule has 0 aromatic carbocycles. The fraction of sp³-hybridized carbons (Fsp3) is 0.714. The zero-order valence-corrected chi connectivity index (χ0v) is 11.2. The van der Waals surface area contributed by atoms with Crippen molar-refractivity contribution >= 4 is 0 Å². The molecule has 0 aliphatic rings. The monoisotopic (exact) mass is 210 g/mol. The van der Waals surface area contributed by atoms with Gasteiger partial charge < -0.3 is 4.74 Å². The van der Waals surface area contributed by atoms with E-state index in [0.717, 1.165) is 24.0 Å². The van der Waals surface area contributed by atoms with E-state index >= 15 is 0 Å². The van der Waals surface area contributed by atoms with E-state index in [1.807, 2.05) is 13.8 Å². The van der Waals surface area contributed by atoms with E-state index in [1.54, 1.807) is 0 Å². The standard InChI is InChI=1S/C14H26O/c1-9-13(7,11(3)4)15-14(8,10-2)12(5)6/h3,5,9-10H2,1-2,4,6-8H3. The highest BCUT2D eigenvalue weighted by Gasteiger charge is 2.34. The quantitative estimate of drug-likeness (QED) is 0.587. The van der Waals surface area contributed by atoms with Crippen LogP contribution in [0.25, 0.3) is 0 Å². The smallest absolute Gasteiger partial charge is 0.0867 e. The molecule has 0 saturated heterocycles. The Hall–Kier alpha value is -0.560. The van der Waals surface area contributed by atoms with Crippen LogP contribution >= 0.6 is 0 Å². The summed E-state index contributed by atoms with van der Waals surface area (Å²) in [4.78, 5) is 0. The molecule has 0 saturated carbocycles. The zero-order chi connectivity index (χ0) is 12.3. The van der Waals surface area contributed by atoms with E-state index in [2.05, 4.69) is 40.9 Å². The fourth-order valence-electron chi connectivity index (χ4n) is 1.42. The second-order valence-electron chi connectivity index (χ2n) is 4.83. The Morgan fingerprint density at radius 3 is 1.33 bits per heavy atom. The minimum atomic E-state index is -0.246. The molecule has 0 radical (unpaired) electrons. The highest BCUT2D eigenvalue weighted by molar-refractivity contribution is 5.14. The second kappa shape index (κ2) is 4.98. The van der Waals surface area contributed by atoms with Crippen LogP contribution in [0.3, 0.4) is 0 Å². The van der Waals surface area contributed by atoms with E-state index in [9.17, 15) is 0 Å². The van der Waals surface area contributed by atoms with Crippen molar-refractivity contribution in [1.82, 2.24) is 0 Å². The van der Waals surface area contributed by atoms with E-state index < -0.39 is 0 Å². The molecule has 0 aliphatic carbocycles. The summed E-state index contributed by atoms with van der Waals surface area (Å²) in [5, 5.41) is 0. The molecule has 0 N–H and O–H groups in total. The SMILES string of the molecule is C=C(C)C(C)(CC)OC(C)(CC)C(=C)C. The lowest BCUT2D eigenvalue weighted by molar-refractivity contribution is -0.104. The molecule has 0 aromatic rings. The summed E-state index contributed by atoms with van der Waals surface area (Å²) in [6, 6.07) is 0. The van der Waals surface area contributed by atoms with Crippen molar-refractivity contribution in [3.8, 4) is 0 Å². The van der Waals surface area contributed by atoms with Crippen LogP contribution in [0.4, 0.5) is 0 Å². The highest BCUT2D eigenvalue weighted by Crippen LogP contribution is 2.34. The van der Waals surface area contributed by atoms with Gasteiger partial charge in [-0.1, -0.05) is 27.0 Å². The first-order valence-corrected chi connectivity index (χ1v) is 5.74. The first kappa shape index (κ1) is 14.4. The molecule has 88 valence electrons. The second-order valence-corrected chi connectivity index (χ2v) is 4.83. The van der Waals surface area contributed by atoms with Crippen LogP contribution in [-0.4, -0.2) is 11.2 Å². The number of rotatable bonds is 6. The van der Waals surface area contributed by atoms with Crippen LogP contribution in [0.15, 0.2) is 24.3 Å². The summed E-state index contributed by atoms with van der Waals surface area (Å²) in [5.74, 6) is 0. The van der Waals surface area contributed by atoms with E-state index in [1.165, 1.54) is 0 Å². The Bertz CT molecular complexity index is 228. The lowest BCUT2D eigenvalue weighted by atomic mass is 9.89. The third-order valence-corrected chi connectivity index (χ3v) is 3.61. The van der Waals surface area contributed by atoms with Gasteiger partial charge in [0.2, 0.25) is 0 Å². The van der Waals surface area contributed by atoms with Gasteiger partial charge in [-0.25, -0.2) is 0 Å². The van der Waals surface area contributed by atoms with Gasteiger partial charge in [0.05, 0.1) is 11.2 Å². The lowest BCUT2D eigenvalue weighted by Gasteiger charge is -2.40. The van der Waals surface area contributed by atoms with Gasteiger partial charge in [0.1, 0.15) is 0 Å². The highest BCUT2D eigenvalue weighted by atomic mass is 16.5. The molecular formula is C14H26O. The largest absolute Gasteiger partial charge is 0.360 e. The van der Waals surface area contributed by atoms with Crippen molar-refractivity contribution in [2.45, 2.75) is 65.6 Å². The van der Waals surface area contributed by atoms with Crippen molar-refractivity contribution in [1.29, 1.82) is 0 Å². The molecular weight excluding hydrogens is 184 g/mol. The maximum atomic E-state index is 6.25. The van der Waals surface area contributed by atoms with Gasteiger partial charge in [-0.05, 0) is 51.7 Å². The molecule has 0 spiro atoms. The Labute approximate surface area is 95.2 Å². The summed E-state index contributed by atoms with van der Waals surface area (Å²) in [7, 11) is 0. The molecule has 2 atom stereocenters. The predicted molar refractivity (Wildman–Crippen MR) is 68.1 cm³/mol. The van der Waals surface area contributed by atoms with Gasteiger partial charge in [0.15, 0.2) is 0 Å². The van der Waals surface area contributed by atoms with Crippen molar-refractivity contribution in [2.75, 3.05) is 0 Å². The molecule has 0 aliphatic heterocycles. The Kier molecular flexibility index (Phi) is 4.79. The van der Waals surface area contributed by atoms with E-state index in [-0.39, 0.29) is 11.2 Å². The summed E-state index contributed by atoms with van der Waals surface area (Å²) < 4.78 is 6.25. The molecule has 0 bridgehead atoms. The van der Waals surface area contributed by atoms with Crippen LogP contribution in [0.2, 0.25) is 0 Å².